The molecule has 0 aliphatic heterocycles. The van der Waals surface area contributed by atoms with Crippen LogP contribution in [-0.2, 0) is 11.2 Å². The molecule has 0 radical (unpaired) electrons. The molecule has 4 N–H and O–H groups in total. The first kappa shape index (κ1) is 18.2. The van der Waals surface area contributed by atoms with Crippen LogP contribution in [0.1, 0.15) is 28.8 Å². The topological polar surface area (TPSA) is 90.5 Å². The zero-order valence-electron chi connectivity index (χ0n) is 12.9. The third kappa shape index (κ3) is 5.20. The van der Waals surface area contributed by atoms with E-state index in [0.717, 1.165) is 17.7 Å². The van der Waals surface area contributed by atoms with Gasteiger partial charge in [0.05, 0.1) is 34.1 Å². The number of aryl methyl sites for hydroxylation is 1. The van der Waals surface area contributed by atoms with Gasteiger partial charge in [-0.2, -0.15) is 0 Å². The fraction of sp³-hybridized carbons (Fsp3) is 0.176. The highest BCUT2D eigenvalue weighted by Crippen LogP contribution is 2.19. The Morgan fingerprint density at radius 2 is 1.75 bits per heavy atom. The Labute approximate surface area is 154 Å². The highest BCUT2D eigenvalue weighted by Gasteiger charge is 2.10. The van der Waals surface area contributed by atoms with Gasteiger partial charge in [0.2, 0.25) is 5.91 Å². The molecule has 0 aliphatic carbocycles. The Hall–Kier alpha value is -2.13. The first-order valence-electron chi connectivity index (χ1n) is 7.43. The summed E-state index contributed by atoms with van der Waals surface area (Å²) in [5.74, 6) is -0.566. The number of anilines is 2. The first-order chi connectivity index (χ1) is 11.6. The summed E-state index contributed by atoms with van der Waals surface area (Å²) in [7, 11) is 0. The van der Waals surface area contributed by atoms with E-state index in [1.54, 1.807) is 11.5 Å². The van der Waals surface area contributed by atoms with Gasteiger partial charge in [0.25, 0.3) is 5.91 Å². The van der Waals surface area contributed by atoms with Crippen molar-refractivity contribution < 1.29 is 14.8 Å². The molecule has 6 nitrogen and oxygen atoms in total. The van der Waals surface area contributed by atoms with Crippen molar-refractivity contribution in [2.24, 2.45) is 0 Å². The predicted octanol–water partition coefficient (Wildman–Crippen LogP) is 3.53. The van der Waals surface area contributed by atoms with E-state index >= 15 is 0 Å². The maximum Gasteiger partial charge on any atom is 0.257 e. The molecular weight excluding hydrogens is 421 g/mol. The number of benzene rings is 2. The van der Waals surface area contributed by atoms with Crippen LogP contribution < -0.4 is 14.3 Å². The fourth-order valence-corrected chi connectivity index (χ4v) is 2.70. The number of hydrogen-bond donors (Lipinski definition) is 4. The average Bonchev–Trinajstić information content (AvgIpc) is 2.62. The van der Waals surface area contributed by atoms with Crippen LogP contribution in [0.25, 0.3) is 0 Å². The molecule has 2 rings (SSSR count). The van der Waals surface area contributed by atoms with Crippen LogP contribution in [0.15, 0.2) is 48.5 Å². The molecule has 0 spiro atoms. The largest absolute Gasteiger partial charge is 0.328 e. The minimum atomic E-state index is -0.388. The van der Waals surface area contributed by atoms with Gasteiger partial charge in [0, 0.05) is 12.1 Å². The Morgan fingerprint density at radius 1 is 1.04 bits per heavy atom. The molecule has 7 heteroatoms. The summed E-state index contributed by atoms with van der Waals surface area (Å²) in [5, 5.41) is 11.3. The van der Waals surface area contributed by atoms with E-state index < -0.39 is 0 Å². The van der Waals surface area contributed by atoms with Gasteiger partial charge in [-0.3, -0.25) is 14.8 Å². The summed E-state index contributed by atoms with van der Waals surface area (Å²) >= 11 is 1.99. The number of nitrogens with one attached hydrogen (secondary N) is 3. The molecule has 0 fully saturated rings. The maximum absolute atomic E-state index is 12.3. The smallest absolute Gasteiger partial charge is 0.257 e. The Kier molecular flexibility index (Phi) is 7.01. The number of rotatable bonds is 7. The van der Waals surface area contributed by atoms with Crippen LogP contribution in [0.3, 0.4) is 0 Å². The van der Waals surface area contributed by atoms with Crippen molar-refractivity contribution in [1.82, 2.24) is 5.48 Å². The summed E-state index contributed by atoms with van der Waals surface area (Å²) in [6.07, 6.45) is 1.64. The van der Waals surface area contributed by atoms with E-state index in [1.807, 2.05) is 65.3 Å². The third-order valence-corrected chi connectivity index (χ3v) is 4.06. The standard InChI is InChI=1S/C17H18IN3O3/c18-20-15-6-2-1-5-14(15)17(23)19-13-10-8-12(9-11-13)4-3-7-16(22)21-24/h1-2,5-6,8-11,20,24H,3-4,7H2,(H,19,23)(H,21,22). The van der Waals surface area contributed by atoms with Crippen LogP contribution in [0, 0.1) is 0 Å². The van der Waals surface area contributed by atoms with Crippen molar-refractivity contribution >= 4 is 46.1 Å². The maximum atomic E-state index is 12.3. The van der Waals surface area contributed by atoms with Gasteiger partial charge in [-0.15, -0.1) is 0 Å². The average molecular weight is 439 g/mol. The summed E-state index contributed by atoms with van der Waals surface area (Å²) < 4.78 is 2.97. The lowest BCUT2D eigenvalue weighted by Gasteiger charge is -2.09. The number of carbonyl (C=O) groups excluding carboxylic acids is 2. The van der Waals surface area contributed by atoms with Crippen molar-refractivity contribution in [3.05, 3.63) is 59.7 Å². The molecule has 0 saturated heterocycles. The van der Waals surface area contributed by atoms with Crippen molar-refractivity contribution in [3.63, 3.8) is 0 Å². The van der Waals surface area contributed by atoms with Crippen LogP contribution in [0.5, 0.6) is 0 Å². The normalized spacial score (nSPS) is 10.1. The lowest BCUT2D eigenvalue weighted by Crippen LogP contribution is -2.18. The van der Waals surface area contributed by atoms with E-state index in [-0.39, 0.29) is 18.2 Å². The van der Waals surface area contributed by atoms with Gasteiger partial charge >= 0.3 is 0 Å². The van der Waals surface area contributed by atoms with Gasteiger partial charge in [0.15, 0.2) is 0 Å². The number of carbonyl (C=O) groups is 2. The van der Waals surface area contributed by atoms with Gasteiger partial charge < -0.3 is 8.85 Å². The zero-order chi connectivity index (χ0) is 17.4. The Bertz CT molecular complexity index is 704. The molecule has 0 atom stereocenters. The van der Waals surface area contributed by atoms with E-state index in [0.29, 0.717) is 17.7 Å². The van der Waals surface area contributed by atoms with Gasteiger partial charge in [-0.25, -0.2) is 5.48 Å². The minimum absolute atomic E-state index is 0.179. The highest BCUT2D eigenvalue weighted by atomic mass is 127. The molecule has 2 aromatic carbocycles. The van der Waals surface area contributed by atoms with E-state index in [2.05, 4.69) is 8.85 Å². The monoisotopic (exact) mass is 439 g/mol. The molecule has 0 aliphatic rings. The third-order valence-electron chi connectivity index (χ3n) is 3.48. The minimum Gasteiger partial charge on any atom is -0.328 e. The summed E-state index contributed by atoms with van der Waals surface area (Å²) in [4.78, 5) is 23.3. The van der Waals surface area contributed by atoms with Crippen LogP contribution in [0.4, 0.5) is 11.4 Å². The summed E-state index contributed by atoms with van der Waals surface area (Å²) in [5.41, 5.74) is 4.72. The second-order valence-corrected chi connectivity index (χ2v) is 5.72. The molecule has 2 amide bonds. The number of halogens is 1. The van der Waals surface area contributed by atoms with Crippen LogP contribution in [0.2, 0.25) is 0 Å². The molecule has 0 aromatic heterocycles. The second-order valence-electron chi connectivity index (χ2n) is 5.18. The number of hydroxylamine groups is 1. The number of amides is 2. The molecule has 0 heterocycles. The molecule has 24 heavy (non-hydrogen) atoms. The van der Waals surface area contributed by atoms with Crippen LogP contribution >= 0.6 is 22.9 Å². The van der Waals surface area contributed by atoms with Gasteiger partial charge in [-0.1, -0.05) is 24.3 Å². The van der Waals surface area contributed by atoms with E-state index in [4.69, 9.17) is 5.21 Å². The molecule has 0 bridgehead atoms. The fourth-order valence-electron chi connectivity index (χ4n) is 2.23. The Balaban J connectivity index is 1.93. The van der Waals surface area contributed by atoms with Gasteiger partial charge in [0.1, 0.15) is 0 Å². The molecule has 0 saturated carbocycles. The zero-order valence-corrected chi connectivity index (χ0v) is 15.0. The van der Waals surface area contributed by atoms with Crippen molar-refractivity contribution in [1.29, 1.82) is 0 Å². The predicted molar refractivity (Wildman–Crippen MR) is 101 cm³/mol. The molecule has 2 aromatic rings. The summed E-state index contributed by atoms with van der Waals surface area (Å²) in [6.45, 7) is 0. The van der Waals surface area contributed by atoms with Crippen molar-refractivity contribution in [2.75, 3.05) is 8.85 Å². The van der Waals surface area contributed by atoms with Crippen molar-refractivity contribution in [3.8, 4) is 0 Å². The highest BCUT2D eigenvalue weighted by molar-refractivity contribution is 14.1. The Morgan fingerprint density at radius 3 is 2.42 bits per heavy atom. The van der Waals surface area contributed by atoms with Crippen molar-refractivity contribution in [2.45, 2.75) is 19.3 Å². The first-order valence-corrected chi connectivity index (χ1v) is 8.51. The molecule has 0 unspecified atom stereocenters. The number of para-hydroxylation sites is 1. The number of hydrogen-bond acceptors (Lipinski definition) is 4. The van der Waals surface area contributed by atoms with E-state index in [1.165, 1.54) is 0 Å². The quantitative estimate of drug-likeness (QED) is 0.230. The second kappa shape index (κ2) is 9.24. The lowest BCUT2D eigenvalue weighted by molar-refractivity contribution is -0.129. The lowest BCUT2D eigenvalue weighted by atomic mass is 10.1. The molecule has 126 valence electrons. The molecular formula is C17H18IN3O3. The van der Waals surface area contributed by atoms with Crippen LogP contribution in [-0.4, -0.2) is 17.0 Å². The SMILES string of the molecule is O=C(CCCc1ccc(NC(=O)c2ccccc2NI)cc1)NO. The summed E-state index contributed by atoms with van der Waals surface area (Å²) in [6, 6.07) is 14.8. The van der Waals surface area contributed by atoms with E-state index in [9.17, 15) is 9.59 Å². The van der Waals surface area contributed by atoms with Gasteiger partial charge in [-0.05, 0) is 42.7 Å².